The monoisotopic (exact) mass is 394 g/mol. The Morgan fingerprint density at radius 2 is 1.64 bits per heavy atom. The third-order valence-electron chi connectivity index (χ3n) is 4.89. The lowest BCUT2D eigenvalue weighted by atomic mass is 9.87. The van der Waals surface area contributed by atoms with E-state index in [2.05, 4.69) is 18.2 Å². The van der Waals surface area contributed by atoms with Gasteiger partial charge in [-0.05, 0) is 41.8 Å². The number of benzene rings is 2. The largest absolute Gasteiger partial charge is 0.479 e. The van der Waals surface area contributed by atoms with E-state index in [1.807, 2.05) is 60.0 Å². The second-order valence-corrected chi connectivity index (χ2v) is 7.89. The molecule has 3 rings (SSSR count). The van der Waals surface area contributed by atoms with E-state index >= 15 is 0 Å². The highest BCUT2D eigenvalue weighted by Crippen LogP contribution is 2.28. The van der Waals surface area contributed by atoms with Crippen LogP contribution in [0.4, 0.5) is 0 Å². The Bertz CT molecular complexity index is 816. The molecule has 4 heteroatoms. The first-order chi connectivity index (χ1) is 13.7. The minimum Gasteiger partial charge on any atom is -0.479 e. The standard InChI is InChI=1S/C24H26O3S/c25-24(26)23(27-17-16-21-14-8-18-28-21)22(20-12-5-2-6-13-20)15-7-11-19-9-3-1-4-10-19/h1-6,8-10,12-14,18,22-23H,7,11,15-17H2,(H,25,26). The number of ether oxygens (including phenoxy) is 1. The summed E-state index contributed by atoms with van der Waals surface area (Å²) in [5.41, 5.74) is 2.30. The molecule has 1 aromatic heterocycles. The molecule has 2 aromatic carbocycles. The number of carboxylic acids is 1. The van der Waals surface area contributed by atoms with Crippen molar-refractivity contribution in [1.29, 1.82) is 0 Å². The number of aliphatic carboxylic acids is 1. The Morgan fingerprint density at radius 3 is 2.29 bits per heavy atom. The zero-order chi connectivity index (χ0) is 19.6. The first-order valence-electron chi connectivity index (χ1n) is 9.69. The molecule has 0 amide bonds. The third-order valence-corrected chi connectivity index (χ3v) is 5.82. The van der Waals surface area contributed by atoms with Crippen LogP contribution >= 0.6 is 11.3 Å². The predicted octanol–water partition coefficient (Wildman–Crippen LogP) is 5.57. The maximum absolute atomic E-state index is 12.0. The number of aryl methyl sites for hydroxylation is 1. The summed E-state index contributed by atoms with van der Waals surface area (Å²) in [6, 6.07) is 24.3. The van der Waals surface area contributed by atoms with Crippen molar-refractivity contribution in [3.05, 3.63) is 94.2 Å². The fraction of sp³-hybridized carbons (Fsp3) is 0.292. The molecule has 3 aromatic rings. The quantitative estimate of drug-likeness (QED) is 0.463. The van der Waals surface area contributed by atoms with Gasteiger partial charge in [0.05, 0.1) is 6.61 Å². The van der Waals surface area contributed by atoms with Crippen LogP contribution in [0.25, 0.3) is 0 Å². The van der Waals surface area contributed by atoms with E-state index in [-0.39, 0.29) is 5.92 Å². The highest BCUT2D eigenvalue weighted by Gasteiger charge is 2.30. The number of carbonyl (C=O) groups is 1. The van der Waals surface area contributed by atoms with Gasteiger partial charge in [0.1, 0.15) is 0 Å². The average molecular weight is 395 g/mol. The summed E-state index contributed by atoms with van der Waals surface area (Å²) in [5.74, 6) is -1.05. The van der Waals surface area contributed by atoms with Crippen molar-refractivity contribution in [2.24, 2.45) is 0 Å². The van der Waals surface area contributed by atoms with Crippen molar-refractivity contribution in [2.75, 3.05) is 6.61 Å². The molecule has 0 saturated heterocycles. The lowest BCUT2D eigenvalue weighted by molar-refractivity contribution is -0.152. The van der Waals surface area contributed by atoms with Crippen LogP contribution in [0, 0.1) is 0 Å². The van der Waals surface area contributed by atoms with E-state index in [9.17, 15) is 9.90 Å². The van der Waals surface area contributed by atoms with Crippen LogP contribution in [0.2, 0.25) is 0 Å². The fourth-order valence-corrected chi connectivity index (χ4v) is 4.15. The molecule has 0 saturated carbocycles. The smallest absolute Gasteiger partial charge is 0.333 e. The first kappa shape index (κ1) is 20.3. The molecule has 0 aliphatic heterocycles. The van der Waals surface area contributed by atoms with E-state index in [0.717, 1.165) is 31.2 Å². The Hall–Kier alpha value is -2.43. The SMILES string of the molecule is O=C(O)C(OCCc1cccs1)C(CCCc1ccccc1)c1ccccc1. The molecule has 2 atom stereocenters. The molecule has 3 nitrogen and oxygen atoms in total. The van der Waals surface area contributed by atoms with Gasteiger partial charge in [-0.25, -0.2) is 4.79 Å². The minimum atomic E-state index is -0.889. The van der Waals surface area contributed by atoms with Crippen LogP contribution in [0.5, 0.6) is 0 Å². The van der Waals surface area contributed by atoms with Crippen molar-refractivity contribution in [3.8, 4) is 0 Å². The number of rotatable bonds is 11. The van der Waals surface area contributed by atoms with E-state index < -0.39 is 12.1 Å². The third kappa shape index (κ3) is 6.04. The van der Waals surface area contributed by atoms with Crippen LogP contribution in [-0.2, 0) is 22.4 Å². The summed E-state index contributed by atoms with van der Waals surface area (Å²) < 4.78 is 5.90. The molecule has 0 fully saturated rings. The molecule has 0 spiro atoms. The maximum Gasteiger partial charge on any atom is 0.333 e. The van der Waals surface area contributed by atoms with Crippen molar-refractivity contribution in [3.63, 3.8) is 0 Å². The number of carboxylic acid groups (broad SMARTS) is 1. The van der Waals surface area contributed by atoms with Crippen LogP contribution in [0.3, 0.4) is 0 Å². The Labute approximate surface area is 170 Å². The molecular weight excluding hydrogens is 368 g/mol. The minimum absolute atomic E-state index is 0.161. The van der Waals surface area contributed by atoms with Crippen molar-refractivity contribution < 1.29 is 14.6 Å². The van der Waals surface area contributed by atoms with Gasteiger partial charge in [-0.2, -0.15) is 0 Å². The molecule has 28 heavy (non-hydrogen) atoms. The number of thiophene rings is 1. The normalized spacial score (nSPS) is 13.1. The van der Waals surface area contributed by atoms with Gasteiger partial charge in [0.2, 0.25) is 0 Å². The van der Waals surface area contributed by atoms with Crippen LogP contribution in [-0.4, -0.2) is 23.8 Å². The zero-order valence-electron chi connectivity index (χ0n) is 15.9. The second-order valence-electron chi connectivity index (χ2n) is 6.85. The molecule has 2 unspecified atom stereocenters. The van der Waals surface area contributed by atoms with E-state index in [1.54, 1.807) is 11.3 Å². The lowest BCUT2D eigenvalue weighted by Crippen LogP contribution is -2.32. The number of hydrogen-bond donors (Lipinski definition) is 1. The Balaban J connectivity index is 1.66. The summed E-state index contributed by atoms with van der Waals surface area (Å²) in [5, 5.41) is 11.9. The molecule has 1 heterocycles. The molecule has 0 bridgehead atoms. The molecule has 1 N–H and O–H groups in total. The fourth-order valence-electron chi connectivity index (χ4n) is 3.46. The van der Waals surface area contributed by atoms with Crippen LogP contribution in [0.15, 0.2) is 78.2 Å². The van der Waals surface area contributed by atoms with Gasteiger partial charge in [0, 0.05) is 17.2 Å². The predicted molar refractivity (Wildman–Crippen MR) is 114 cm³/mol. The van der Waals surface area contributed by atoms with Crippen molar-refractivity contribution in [1.82, 2.24) is 0 Å². The van der Waals surface area contributed by atoms with Gasteiger partial charge in [-0.3, -0.25) is 0 Å². The molecule has 0 radical (unpaired) electrons. The van der Waals surface area contributed by atoms with E-state index in [0.29, 0.717) is 6.61 Å². The summed E-state index contributed by atoms with van der Waals surface area (Å²) in [4.78, 5) is 13.2. The zero-order valence-corrected chi connectivity index (χ0v) is 16.7. The molecular formula is C24H26O3S. The maximum atomic E-state index is 12.0. The van der Waals surface area contributed by atoms with Gasteiger partial charge < -0.3 is 9.84 Å². The van der Waals surface area contributed by atoms with Gasteiger partial charge >= 0.3 is 5.97 Å². The lowest BCUT2D eigenvalue weighted by Gasteiger charge is -2.25. The van der Waals surface area contributed by atoms with Crippen LogP contribution < -0.4 is 0 Å². The topological polar surface area (TPSA) is 46.5 Å². The molecule has 0 aliphatic rings. The van der Waals surface area contributed by atoms with Crippen molar-refractivity contribution >= 4 is 17.3 Å². The summed E-state index contributed by atoms with van der Waals surface area (Å²) in [7, 11) is 0. The van der Waals surface area contributed by atoms with Crippen molar-refractivity contribution in [2.45, 2.75) is 37.7 Å². The van der Waals surface area contributed by atoms with Gasteiger partial charge in [-0.15, -0.1) is 11.3 Å². The summed E-state index contributed by atoms with van der Waals surface area (Å²) >= 11 is 1.67. The second kappa shape index (κ2) is 10.8. The summed E-state index contributed by atoms with van der Waals surface area (Å²) in [6.07, 6.45) is 2.54. The van der Waals surface area contributed by atoms with Gasteiger partial charge in [0.25, 0.3) is 0 Å². The number of hydrogen-bond acceptors (Lipinski definition) is 3. The molecule has 0 aliphatic carbocycles. The van der Waals surface area contributed by atoms with Gasteiger partial charge in [0.15, 0.2) is 6.10 Å². The first-order valence-corrected chi connectivity index (χ1v) is 10.6. The summed E-state index contributed by atoms with van der Waals surface area (Å²) in [6.45, 7) is 0.416. The van der Waals surface area contributed by atoms with Crippen LogP contribution in [0.1, 0.15) is 34.8 Å². The van der Waals surface area contributed by atoms with E-state index in [1.165, 1.54) is 10.4 Å². The Morgan fingerprint density at radius 1 is 0.929 bits per heavy atom. The highest BCUT2D eigenvalue weighted by molar-refractivity contribution is 7.09. The Kier molecular flexibility index (Phi) is 7.82. The highest BCUT2D eigenvalue weighted by atomic mass is 32.1. The average Bonchev–Trinajstić information content (AvgIpc) is 3.24. The molecule has 146 valence electrons. The van der Waals surface area contributed by atoms with E-state index in [4.69, 9.17) is 4.74 Å². The van der Waals surface area contributed by atoms with Gasteiger partial charge in [-0.1, -0.05) is 66.7 Å².